The number of aromatic carboxylic acids is 1. The minimum absolute atomic E-state index is 0.0771. The lowest BCUT2D eigenvalue weighted by atomic mass is 10.2. The van der Waals surface area contributed by atoms with Crippen LogP contribution in [-0.2, 0) is 14.8 Å². The first-order chi connectivity index (χ1) is 9.37. The lowest BCUT2D eigenvalue weighted by Crippen LogP contribution is -2.45. The van der Waals surface area contributed by atoms with Gasteiger partial charge in [-0.05, 0) is 24.3 Å². The van der Waals surface area contributed by atoms with Crippen molar-refractivity contribution in [3.05, 3.63) is 15.8 Å². The van der Waals surface area contributed by atoms with Crippen molar-refractivity contribution >= 4 is 27.3 Å². The van der Waals surface area contributed by atoms with E-state index in [0.717, 1.165) is 17.8 Å². The van der Waals surface area contributed by atoms with Crippen LogP contribution in [0.15, 0.2) is 10.3 Å². The van der Waals surface area contributed by atoms with E-state index < -0.39 is 16.0 Å². The smallest absolute Gasteiger partial charge is 0.347 e. The molecule has 112 valence electrons. The number of ether oxygens (including phenoxy) is 1. The summed E-state index contributed by atoms with van der Waals surface area (Å²) in [6.07, 6.45) is 0.589. The number of sulfonamides is 1. The van der Waals surface area contributed by atoms with E-state index in [1.165, 1.54) is 4.31 Å². The second kappa shape index (κ2) is 5.80. The molecular weight excluding hydrogens is 302 g/mol. The summed E-state index contributed by atoms with van der Waals surface area (Å²) in [5.74, 6) is -1.21. The molecule has 0 radical (unpaired) electrons. The van der Waals surface area contributed by atoms with Gasteiger partial charge in [0, 0.05) is 13.1 Å². The maximum atomic E-state index is 12.7. The molecule has 0 spiro atoms. The van der Waals surface area contributed by atoms with Crippen molar-refractivity contribution in [2.75, 3.05) is 19.7 Å². The van der Waals surface area contributed by atoms with E-state index in [0.29, 0.717) is 12.2 Å². The van der Waals surface area contributed by atoms with E-state index >= 15 is 0 Å². The van der Waals surface area contributed by atoms with Gasteiger partial charge in [0.05, 0.1) is 12.7 Å². The molecule has 0 aromatic carbocycles. The number of thiophene rings is 1. The number of carboxylic acids is 1. The first kappa shape index (κ1) is 15.4. The van der Waals surface area contributed by atoms with Crippen molar-refractivity contribution in [3.8, 4) is 0 Å². The quantitative estimate of drug-likeness (QED) is 0.910. The molecule has 6 nitrogen and oxygen atoms in total. The van der Waals surface area contributed by atoms with E-state index in [2.05, 4.69) is 0 Å². The number of hydrogen-bond acceptors (Lipinski definition) is 5. The third-order valence-corrected chi connectivity index (χ3v) is 6.54. The molecule has 0 aliphatic carbocycles. The average molecular weight is 319 g/mol. The number of carboxylic acid groups (broad SMARTS) is 1. The maximum Gasteiger partial charge on any atom is 0.347 e. The molecule has 0 amide bonds. The summed E-state index contributed by atoms with van der Waals surface area (Å²) in [4.78, 5) is 11.0. The molecule has 1 aromatic rings. The summed E-state index contributed by atoms with van der Waals surface area (Å²) in [7, 11) is -3.79. The fraction of sp³-hybridized carbons (Fsp3) is 0.583. The second-order valence-electron chi connectivity index (χ2n) is 4.65. The first-order valence-corrected chi connectivity index (χ1v) is 8.63. The predicted molar refractivity (Wildman–Crippen MR) is 74.8 cm³/mol. The minimum Gasteiger partial charge on any atom is -0.477 e. The van der Waals surface area contributed by atoms with Gasteiger partial charge in [-0.25, -0.2) is 13.2 Å². The highest BCUT2D eigenvalue weighted by atomic mass is 32.2. The zero-order valence-electron chi connectivity index (χ0n) is 11.3. The fourth-order valence-corrected chi connectivity index (χ4v) is 5.23. The molecule has 1 aliphatic rings. The highest BCUT2D eigenvalue weighted by Gasteiger charge is 2.35. The van der Waals surface area contributed by atoms with Crippen molar-refractivity contribution < 1.29 is 23.1 Å². The van der Waals surface area contributed by atoms with Crippen LogP contribution in [0.2, 0.25) is 0 Å². The van der Waals surface area contributed by atoms with E-state index in [9.17, 15) is 13.2 Å². The molecule has 1 aliphatic heterocycles. The number of carbonyl (C=O) groups is 1. The van der Waals surface area contributed by atoms with Crippen LogP contribution in [0, 0.1) is 6.92 Å². The van der Waals surface area contributed by atoms with Gasteiger partial charge >= 0.3 is 5.97 Å². The molecular formula is C12H17NO5S2. The summed E-state index contributed by atoms with van der Waals surface area (Å²) >= 11 is 0.945. The van der Waals surface area contributed by atoms with Gasteiger partial charge < -0.3 is 9.84 Å². The highest BCUT2D eigenvalue weighted by Crippen LogP contribution is 2.30. The third kappa shape index (κ3) is 2.73. The molecule has 20 heavy (non-hydrogen) atoms. The molecule has 1 unspecified atom stereocenters. The SMILES string of the molecule is CCC1CN(S(=O)(=O)c2c(C)csc2C(=O)O)CCO1. The summed E-state index contributed by atoms with van der Waals surface area (Å²) in [6, 6.07) is 0. The zero-order valence-corrected chi connectivity index (χ0v) is 13.0. The van der Waals surface area contributed by atoms with E-state index in [4.69, 9.17) is 9.84 Å². The third-order valence-electron chi connectivity index (χ3n) is 3.27. The van der Waals surface area contributed by atoms with Gasteiger partial charge in [0.2, 0.25) is 10.0 Å². The molecule has 1 N–H and O–H groups in total. The molecule has 2 rings (SSSR count). The van der Waals surface area contributed by atoms with Gasteiger partial charge in [0.1, 0.15) is 9.77 Å². The molecule has 1 fully saturated rings. The Balaban J connectivity index is 2.40. The number of rotatable bonds is 4. The average Bonchev–Trinajstić information content (AvgIpc) is 2.81. The van der Waals surface area contributed by atoms with Crippen LogP contribution >= 0.6 is 11.3 Å². The van der Waals surface area contributed by atoms with Crippen LogP contribution in [0.25, 0.3) is 0 Å². The van der Waals surface area contributed by atoms with Gasteiger partial charge in [-0.15, -0.1) is 11.3 Å². The Kier molecular flexibility index (Phi) is 4.48. The van der Waals surface area contributed by atoms with Crippen LogP contribution in [0.1, 0.15) is 28.6 Å². The Bertz CT molecular complexity index is 607. The largest absolute Gasteiger partial charge is 0.477 e. The Hall–Kier alpha value is -0.960. The van der Waals surface area contributed by atoms with Crippen LogP contribution < -0.4 is 0 Å². The summed E-state index contributed by atoms with van der Waals surface area (Å²) < 4.78 is 32.1. The Morgan fingerprint density at radius 2 is 2.30 bits per heavy atom. The number of hydrogen-bond donors (Lipinski definition) is 1. The van der Waals surface area contributed by atoms with Gasteiger partial charge in [0.15, 0.2) is 0 Å². The lowest BCUT2D eigenvalue weighted by Gasteiger charge is -2.31. The second-order valence-corrected chi connectivity index (χ2v) is 7.40. The van der Waals surface area contributed by atoms with Crippen molar-refractivity contribution in [3.63, 3.8) is 0 Å². The van der Waals surface area contributed by atoms with Crippen LogP contribution in [-0.4, -0.2) is 49.6 Å². The van der Waals surface area contributed by atoms with Crippen molar-refractivity contribution in [2.24, 2.45) is 0 Å². The highest BCUT2D eigenvalue weighted by molar-refractivity contribution is 7.89. The minimum atomic E-state index is -3.79. The Labute approximate surface area is 122 Å². The number of aryl methyl sites for hydroxylation is 1. The van der Waals surface area contributed by atoms with Crippen molar-refractivity contribution in [1.82, 2.24) is 4.31 Å². The van der Waals surface area contributed by atoms with E-state index in [-0.39, 0.29) is 29.0 Å². The maximum absolute atomic E-state index is 12.7. The molecule has 8 heteroatoms. The van der Waals surface area contributed by atoms with Gasteiger partial charge in [-0.3, -0.25) is 0 Å². The van der Waals surface area contributed by atoms with Gasteiger partial charge in [0.25, 0.3) is 0 Å². The van der Waals surface area contributed by atoms with E-state index in [1.54, 1.807) is 12.3 Å². The molecule has 1 aromatic heterocycles. The lowest BCUT2D eigenvalue weighted by molar-refractivity contribution is -0.00279. The van der Waals surface area contributed by atoms with Crippen molar-refractivity contribution in [1.29, 1.82) is 0 Å². The van der Waals surface area contributed by atoms with Crippen molar-refractivity contribution in [2.45, 2.75) is 31.3 Å². The number of nitrogens with zero attached hydrogens (tertiary/aromatic N) is 1. The molecule has 0 bridgehead atoms. The monoisotopic (exact) mass is 319 g/mol. The standard InChI is InChI=1S/C12H17NO5S2/c1-3-9-6-13(4-5-18-9)20(16,17)11-8(2)7-19-10(11)12(14)15/h7,9H,3-6H2,1-2H3,(H,14,15). The Morgan fingerprint density at radius 3 is 2.90 bits per heavy atom. The normalized spacial score (nSPS) is 21.0. The molecule has 0 saturated carbocycles. The first-order valence-electron chi connectivity index (χ1n) is 6.31. The fourth-order valence-electron chi connectivity index (χ4n) is 2.19. The zero-order chi connectivity index (χ0) is 14.9. The van der Waals surface area contributed by atoms with Crippen LogP contribution in [0.5, 0.6) is 0 Å². The molecule has 1 saturated heterocycles. The predicted octanol–water partition coefficient (Wildman–Crippen LogP) is 1.55. The topological polar surface area (TPSA) is 83.9 Å². The molecule has 1 atom stereocenters. The van der Waals surface area contributed by atoms with Gasteiger partial charge in [-0.1, -0.05) is 6.92 Å². The van der Waals surface area contributed by atoms with Crippen LogP contribution in [0.3, 0.4) is 0 Å². The van der Waals surface area contributed by atoms with Gasteiger partial charge in [-0.2, -0.15) is 4.31 Å². The number of morpholine rings is 1. The summed E-state index contributed by atoms with van der Waals surface area (Å²) in [5.41, 5.74) is 0.479. The van der Waals surface area contributed by atoms with E-state index in [1.807, 2.05) is 6.92 Å². The molecule has 2 heterocycles. The van der Waals surface area contributed by atoms with Crippen LogP contribution in [0.4, 0.5) is 0 Å². The summed E-state index contributed by atoms with van der Waals surface area (Å²) in [5, 5.41) is 10.7. The Morgan fingerprint density at radius 1 is 1.60 bits per heavy atom. The summed E-state index contributed by atoms with van der Waals surface area (Å²) in [6.45, 7) is 4.41.